The van der Waals surface area contributed by atoms with Crippen LogP contribution in [0.2, 0.25) is 20.1 Å². The summed E-state index contributed by atoms with van der Waals surface area (Å²) in [6.45, 7) is 7.72. The van der Waals surface area contributed by atoms with Gasteiger partial charge < -0.3 is 16.8 Å². The Bertz CT molecular complexity index is 1950. The number of ketones is 1. The number of carbonyl (C=O) groups excluding carboxylic acids is 1. The van der Waals surface area contributed by atoms with E-state index in [4.69, 9.17) is 51.1 Å². The summed E-state index contributed by atoms with van der Waals surface area (Å²) in [4.78, 5) is 27.5. The van der Waals surface area contributed by atoms with Crippen molar-refractivity contribution in [3.8, 4) is 0 Å². The normalized spacial score (nSPS) is 12.2. The Balaban J connectivity index is 0.000000274. The van der Waals surface area contributed by atoms with Crippen LogP contribution in [0.5, 0.6) is 0 Å². The van der Waals surface area contributed by atoms with Crippen LogP contribution in [-0.2, 0) is 10.3 Å². The van der Waals surface area contributed by atoms with Crippen LogP contribution in [0.1, 0.15) is 65.2 Å². The Morgan fingerprint density at radius 1 is 0.727 bits per heavy atom. The molecule has 7 rings (SSSR count). The maximum atomic E-state index is 12.1. The monoisotopic (exact) mass is 874 g/mol. The molecule has 0 spiro atoms. The van der Waals surface area contributed by atoms with Crippen LogP contribution in [0.4, 0.5) is 0 Å². The topological polar surface area (TPSA) is 98.1 Å². The molecule has 6 aromatic rings. The number of rotatable bonds is 6. The molecule has 4 aromatic carbocycles. The standard InChI is InChI=1S/C17H12Cl2N2O.C13H8Cl2O.C4H3BrN2.C4H8O.C4H9.Li/c18-14-7-5-12(6-8-14)17(22,13-9-20-11-21-10-13)15-3-1-2-4-16(15)19;14-10-7-5-9(6-8-10)13(16)11-3-1-2-4-12(11)15;5-4-1-6-3-7-2-4;1-2-4-5-3-1;1-3-4-2;/h1-11,22H;1-8H;1-3H;1-4H2;1,3-4H2,2H3;/q;;;;-1;+1. The van der Waals surface area contributed by atoms with Gasteiger partial charge in [-0.2, -0.15) is 6.42 Å². The van der Waals surface area contributed by atoms with E-state index in [9.17, 15) is 9.90 Å². The third-order valence-electron chi connectivity index (χ3n) is 7.44. The molecule has 1 N–H and O–H groups in total. The second kappa shape index (κ2) is 26.7. The summed E-state index contributed by atoms with van der Waals surface area (Å²) >= 11 is 27.2. The first-order valence-corrected chi connectivity index (χ1v) is 19.2. The molecule has 0 radical (unpaired) electrons. The van der Waals surface area contributed by atoms with Gasteiger partial charge in [0, 0.05) is 75.3 Å². The molecule has 1 aliphatic rings. The summed E-state index contributed by atoms with van der Waals surface area (Å²) in [5, 5.41) is 13.6. The van der Waals surface area contributed by atoms with Gasteiger partial charge in [-0.1, -0.05) is 102 Å². The molecule has 1 atom stereocenters. The summed E-state index contributed by atoms with van der Waals surface area (Å²) in [5.74, 6) is -0.0951. The summed E-state index contributed by atoms with van der Waals surface area (Å²) in [5.41, 5.74) is 1.37. The van der Waals surface area contributed by atoms with Crippen LogP contribution < -0.4 is 18.9 Å². The predicted octanol–water partition coefficient (Wildman–Crippen LogP) is 8.95. The fraction of sp³-hybridized carbons (Fsp3) is 0.190. The summed E-state index contributed by atoms with van der Waals surface area (Å²) in [7, 11) is 0. The summed E-state index contributed by atoms with van der Waals surface area (Å²) in [6, 6.07) is 27.9. The van der Waals surface area contributed by atoms with E-state index in [-0.39, 0.29) is 24.6 Å². The number of aromatic nitrogens is 4. The minimum atomic E-state index is -1.45. The van der Waals surface area contributed by atoms with Crippen molar-refractivity contribution in [3.05, 3.63) is 194 Å². The molecule has 1 fully saturated rings. The SMILES string of the molecule is Brc1cncnc1.C1CCOC1.O=C(c1ccc(Cl)cc1)c1ccccc1Cl.OC(c1ccc(Cl)cc1)(c1cncnc1)c1ccccc1Cl.[CH2-]CCC.[Li+]. The Labute approximate surface area is 364 Å². The van der Waals surface area contributed by atoms with E-state index < -0.39 is 5.60 Å². The molecular formula is C42H40BrCl4LiN4O3. The molecule has 0 aliphatic carbocycles. The molecule has 1 saturated heterocycles. The molecule has 13 heteroatoms. The number of unbranched alkanes of at least 4 members (excludes halogenated alkanes) is 1. The second-order valence-electron chi connectivity index (χ2n) is 11.4. The molecular weight excluding hydrogens is 837 g/mol. The fourth-order valence-corrected chi connectivity index (χ4v) is 5.59. The Morgan fingerprint density at radius 3 is 1.64 bits per heavy atom. The van der Waals surface area contributed by atoms with E-state index >= 15 is 0 Å². The third kappa shape index (κ3) is 16.1. The van der Waals surface area contributed by atoms with Gasteiger partial charge in [-0.15, -0.1) is 0 Å². The number of benzene rings is 4. The summed E-state index contributed by atoms with van der Waals surface area (Å²) < 4.78 is 5.86. The van der Waals surface area contributed by atoms with Crippen LogP contribution in [0, 0.1) is 6.92 Å². The van der Waals surface area contributed by atoms with Gasteiger partial charge in [0.05, 0.1) is 9.50 Å². The zero-order valence-electron chi connectivity index (χ0n) is 30.6. The third-order valence-corrected chi connectivity index (χ3v) is 9.01. The van der Waals surface area contributed by atoms with Gasteiger partial charge in [0.2, 0.25) is 0 Å². The molecule has 1 aliphatic heterocycles. The quantitative estimate of drug-likeness (QED) is 0.101. The van der Waals surface area contributed by atoms with E-state index in [0.29, 0.717) is 47.9 Å². The number of hydrogen-bond acceptors (Lipinski definition) is 7. The predicted molar refractivity (Wildman–Crippen MR) is 223 cm³/mol. The van der Waals surface area contributed by atoms with Gasteiger partial charge in [-0.3, -0.25) is 4.79 Å². The van der Waals surface area contributed by atoms with Crippen LogP contribution in [0.3, 0.4) is 0 Å². The molecule has 2 aromatic heterocycles. The van der Waals surface area contributed by atoms with Crippen molar-refractivity contribution in [3.63, 3.8) is 0 Å². The van der Waals surface area contributed by atoms with Crippen molar-refractivity contribution in [1.82, 2.24) is 19.9 Å². The first kappa shape index (κ1) is 48.0. The van der Waals surface area contributed by atoms with Gasteiger partial charge in [-0.25, -0.2) is 19.9 Å². The van der Waals surface area contributed by atoms with Gasteiger partial charge in [0.1, 0.15) is 18.3 Å². The Kier molecular flexibility index (Phi) is 23.3. The summed E-state index contributed by atoms with van der Waals surface area (Å²) in [6.07, 6.45) is 14.3. The van der Waals surface area contributed by atoms with Crippen LogP contribution in [0.25, 0.3) is 0 Å². The first-order valence-electron chi connectivity index (χ1n) is 16.9. The van der Waals surface area contributed by atoms with Crippen molar-refractivity contribution in [2.75, 3.05) is 13.2 Å². The number of halogens is 5. The average Bonchev–Trinajstić information content (AvgIpc) is 3.81. The molecule has 55 heavy (non-hydrogen) atoms. The number of carbonyl (C=O) groups is 1. The van der Waals surface area contributed by atoms with E-state index in [2.05, 4.69) is 49.7 Å². The fourth-order valence-electron chi connectivity index (χ4n) is 4.60. The van der Waals surface area contributed by atoms with E-state index in [1.807, 2.05) is 12.1 Å². The molecule has 7 nitrogen and oxygen atoms in total. The van der Waals surface area contributed by atoms with Crippen molar-refractivity contribution in [2.45, 2.75) is 38.2 Å². The Morgan fingerprint density at radius 2 is 1.20 bits per heavy atom. The van der Waals surface area contributed by atoms with E-state index in [1.165, 1.54) is 31.9 Å². The van der Waals surface area contributed by atoms with E-state index in [1.54, 1.807) is 110 Å². The van der Waals surface area contributed by atoms with Gasteiger partial charge in [0.25, 0.3) is 0 Å². The van der Waals surface area contributed by atoms with Gasteiger partial charge >= 0.3 is 18.9 Å². The Hall–Kier alpha value is -3.13. The smallest absolute Gasteiger partial charge is 0.381 e. The molecule has 3 heterocycles. The molecule has 282 valence electrons. The maximum absolute atomic E-state index is 12.1. The minimum Gasteiger partial charge on any atom is -0.381 e. The second-order valence-corrected chi connectivity index (χ2v) is 14.0. The van der Waals surface area contributed by atoms with Crippen molar-refractivity contribution in [1.29, 1.82) is 0 Å². The molecule has 0 bridgehead atoms. The number of hydrogen-bond donors (Lipinski definition) is 1. The van der Waals surface area contributed by atoms with Crippen molar-refractivity contribution in [2.24, 2.45) is 0 Å². The van der Waals surface area contributed by atoms with Crippen molar-refractivity contribution >= 4 is 68.1 Å². The van der Waals surface area contributed by atoms with Crippen molar-refractivity contribution < 1.29 is 33.5 Å². The number of nitrogens with zero attached hydrogens (tertiary/aromatic N) is 4. The van der Waals surface area contributed by atoms with Crippen LogP contribution >= 0.6 is 62.3 Å². The largest absolute Gasteiger partial charge is 1.00 e. The van der Waals surface area contributed by atoms with Crippen LogP contribution in [0.15, 0.2) is 139 Å². The molecule has 0 saturated carbocycles. The minimum absolute atomic E-state index is 0. The zero-order valence-corrected chi connectivity index (χ0v) is 35.2. The molecule has 0 amide bonds. The molecule has 1 unspecified atom stereocenters. The van der Waals surface area contributed by atoms with Crippen LogP contribution in [-0.4, -0.2) is 44.0 Å². The number of ether oxygens (including phenoxy) is 1. The maximum Gasteiger partial charge on any atom is 1.00 e. The van der Waals surface area contributed by atoms with Gasteiger partial charge in [0.15, 0.2) is 5.78 Å². The average molecular weight is 877 g/mol. The van der Waals surface area contributed by atoms with Gasteiger partial charge in [-0.05, 0) is 88.9 Å². The zero-order chi connectivity index (χ0) is 39.2. The first-order chi connectivity index (χ1) is 26.1. The van der Waals surface area contributed by atoms with E-state index in [0.717, 1.165) is 24.1 Å². The number of aliphatic hydroxyl groups is 1.